The Labute approximate surface area is 239 Å². The van der Waals surface area contributed by atoms with E-state index >= 15 is 0 Å². The van der Waals surface area contributed by atoms with E-state index in [9.17, 15) is 19.2 Å². The van der Waals surface area contributed by atoms with Crippen molar-refractivity contribution < 1.29 is 19.2 Å². The van der Waals surface area contributed by atoms with Crippen LogP contribution in [0.2, 0.25) is 0 Å². The Bertz CT molecular complexity index is 1410. The van der Waals surface area contributed by atoms with Crippen LogP contribution in [0.5, 0.6) is 0 Å². The van der Waals surface area contributed by atoms with Crippen LogP contribution in [-0.2, 0) is 45.0 Å². The molecule has 4 amide bonds. The summed E-state index contributed by atoms with van der Waals surface area (Å²) in [6, 6.07) is 12.9. The molecule has 4 atom stereocenters. The van der Waals surface area contributed by atoms with Crippen molar-refractivity contribution in [1.29, 1.82) is 0 Å². The molecule has 0 fully saturated rings. The third-order valence-corrected chi connectivity index (χ3v) is 8.07. The number of nitrogens with zero attached hydrogens (tertiary/aromatic N) is 2. The van der Waals surface area contributed by atoms with Gasteiger partial charge in [0.1, 0.15) is 18.1 Å². The van der Waals surface area contributed by atoms with Crippen LogP contribution in [0.4, 0.5) is 5.69 Å². The van der Waals surface area contributed by atoms with E-state index in [2.05, 4.69) is 26.1 Å². The second-order valence-corrected chi connectivity index (χ2v) is 10.9. The molecule has 0 unspecified atom stereocenters. The number of aromatic amines is 1. The molecule has 2 aliphatic heterocycles. The summed E-state index contributed by atoms with van der Waals surface area (Å²) in [4.78, 5) is 55.4. The lowest BCUT2D eigenvalue weighted by molar-refractivity contribution is -0.133. The molecule has 0 bridgehead atoms. The van der Waals surface area contributed by atoms with Crippen LogP contribution in [0.3, 0.4) is 0 Å². The number of benzene rings is 2. The Morgan fingerprint density at radius 3 is 2.59 bits per heavy atom. The summed E-state index contributed by atoms with van der Waals surface area (Å²) in [7, 11) is 0. The number of rotatable bonds is 10. The van der Waals surface area contributed by atoms with Crippen LogP contribution in [0, 0.1) is 5.92 Å². The highest BCUT2D eigenvalue weighted by Crippen LogP contribution is 2.39. The first-order valence-corrected chi connectivity index (χ1v) is 14.2. The Balaban J connectivity index is 1.32. The van der Waals surface area contributed by atoms with Crippen molar-refractivity contribution in [2.45, 2.75) is 70.6 Å². The molecule has 214 valence electrons. The Morgan fingerprint density at radius 1 is 1.07 bits per heavy atom. The first-order chi connectivity index (χ1) is 19.9. The van der Waals surface area contributed by atoms with Gasteiger partial charge in [-0.05, 0) is 35.4 Å². The van der Waals surface area contributed by atoms with Gasteiger partial charge >= 0.3 is 0 Å². The SMILES string of the molecule is CC[C@H](C)[C@H](NC(=O)Cc1ccccc1)C(=O)N[C@H]1CCc2cccc3c2N(C1=O)[C@H](C(=O)NCc1cn[nH]c1)C3. The summed E-state index contributed by atoms with van der Waals surface area (Å²) in [6.45, 7) is 4.15. The van der Waals surface area contributed by atoms with E-state index in [-0.39, 0.29) is 36.6 Å². The fraction of sp³-hybridized carbons (Fsp3) is 0.387. The minimum atomic E-state index is -0.831. The molecule has 0 aliphatic carbocycles. The zero-order valence-electron chi connectivity index (χ0n) is 23.4. The molecule has 4 N–H and O–H groups in total. The maximum absolute atomic E-state index is 14.0. The molecule has 10 heteroatoms. The minimum absolute atomic E-state index is 0.146. The van der Waals surface area contributed by atoms with Gasteiger partial charge in [-0.25, -0.2) is 0 Å². The number of H-pyrrole nitrogens is 1. The number of para-hydroxylation sites is 1. The summed E-state index contributed by atoms with van der Waals surface area (Å²) in [5, 5.41) is 15.4. The maximum atomic E-state index is 14.0. The first kappa shape index (κ1) is 28.1. The topological polar surface area (TPSA) is 136 Å². The van der Waals surface area contributed by atoms with E-state index < -0.39 is 24.0 Å². The molecular formula is C31H36N6O4. The highest BCUT2D eigenvalue weighted by molar-refractivity contribution is 6.08. The van der Waals surface area contributed by atoms with Crippen LogP contribution >= 0.6 is 0 Å². The molecule has 0 spiro atoms. The number of anilines is 1. The van der Waals surface area contributed by atoms with E-state index in [1.807, 2.05) is 62.4 Å². The summed E-state index contributed by atoms with van der Waals surface area (Å²) in [5.41, 5.74) is 4.37. The number of nitrogens with one attached hydrogen (secondary N) is 4. The van der Waals surface area contributed by atoms with E-state index in [0.29, 0.717) is 25.7 Å². The average molecular weight is 557 g/mol. The van der Waals surface area contributed by atoms with Crippen LogP contribution < -0.4 is 20.9 Å². The van der Waals surface area contributed by atoms with Gasteiger partial charge in [-0.3, -0.25) is 29.2 Å². The first-order valence-electron chi connectivity index (χ1n) is 14.2. The second kappa shape index (κ2) is 12.4. The lowest BCUT2D eigenvalue weighted by Gasteiger charge is -2.30. The van der Waals surface area contributed by atoms with Gasteiger partial charge in [-0.1, -0.05) is 68.8 Å². The number of hydrogen-bond acceptors (Lipinski definition) is 5. The molecule has 2 aromatic carbocycles. The van der Waals surface area contributed by atoms with Crippen molar-refractivity contribution >= 4 is 29.3 Å². The third-order valence-electron chi connectivity index (χ3n) is 8.07. The highest BCUT2D eigenvalue weighted by atomic mass is 16.2. The van der Waals surface area contributed by atoms with Crippen LogP contribution in [0.15, 0.2) is 60.9 Å². The summed E-state index contributed by atoms with van der Waals surface area (Å²) in [5.74, 6) is -1.38. The molecular weight excluding hydrogens is 520 g/mol. The number of aromatic nitrogens is 2. The largest absolute Gasteiger partial charge is 0.350 e. The van der Waals surface area contributed by atoms with Gasteiger partial charge in [0.15, 0.2) is 0 Å². The highest BCUT2D eigenvalue weighted by Gasteiger charge is 2.44. The Hall–Kier alpha value is -4.47. The Morgan fingerprint density at radius 2 is 1.85 bits per heavy atom. The van der Waals surface area contributed by atoms with E-state index in [1.165, 1.54) is 0 Å². The Kier molecular flexibility index (Phi) is 8.47. The lowest BCUT2D eigenvalue weighted by atomic mass is 9.96. The number of carbonyl (C=O) groups excluding carboxylic acids is 4. The van der Waals surface area contributed by atoms with Crippen LogP contribution in [0.1, 0.15) is 48.9 Å². The van der Waals surface area contributed by atoms with E-state index in [0.717, 1.165) is 27.9 Å². The van der Waals surface area contributed by atoms with Gasteiger partial charge in [0.25, 0.3) is 0 Å². The quantitative estimate of drug-likeness (QED) is 0.304. The fourth-order valence-electron chi connectivity index (χ4n) is 5.63. The molecule has 41 heavy (non-hydrogen) atoms. The van der Waals surface area contributed by atoms with E-state index in [4.69, 9.17) is 0 Å². The lowest BCUT2D eigenvalue weighted by Crippen LogP contribution is -2.58. The van der Waals surface area contributed by atoms with Gasteiger partial charge in [0.2, 0.25) is 23.6 Å². The standard InChI is InChI=1S/C31H36N6O4/c1-3-19(2)27(36-26(38)14-20-8-5-4-6-9-20)30(40)35-24-13-12-22-10-7-11-23-15-25(37(28(22)23)31(24)41)29(39)32-16-21-17-33-34-18-21/h4-11,17-19,24-25,27H,3,12-16H2,1-2H3,(H,32,39)(H,33,34)(H,35,40)(H,36,38)/t19-,24-,25-,27-/m0/s1. The average Bonchev–Trinajstić information content (AvgIpc) is 3.62. The predicted molar refractivity (Wildman–Crippen MR) is 154 cm³/mol. The predicted octanol–water partition coefficient (Wildman–Crippen LogP) is 2.19. The molecule has 3 heterocycles. The van der Waals surface area contributed by atoms with Gasteiger partial charge in [0.05, 0.1) is 18.3 Å². The fourth-order valence-corrected chi connectivity index (χ4v) is 5.63. The van der Waals surface area contributed by atoms with Crippen molar-refractivity contribution in [1.82, 2.24) is 26.1 Å². The molecule has 5 rings (SSSR count). The monoisotopic (exact) mass is 556 g/mol. The smallest absolute Gasteiger partial charge is 0.250 e. The number of amides is 4. The zero-order chi connectivity index (χ0) is 28.9. The molecule has 1 aromatic heterocycles. The third kappa shape index (κ3) is 6.16. The summed E-state index contributed by atoms with van der Waals surface area (Å²) in [6.07, 6.45) is 5.54. The van der Waals surface area contributed by atoms with Crippen molar-refractivity contribution in [2.24, 2.45) is 5.92 Å². The minimum Gasteiger partial charge on any atom is -0.350 e. The second-order valence-electron chi connectivity index (χ2n) is 10.9. The summed E-state index contributed by atoms with van der Waals surface area (Å²) >= 11 is 0. The molecule has 0 saturated carbocycles. The van der Waals surface area contributed by atoms with Crippen LogP contribution in [0.25, 0.3) is 0 Å². The van der Waals surface area contributed by atoms with Crippen LogP contribution in [-0.4, -0.2) is 52.0 Å². The van der Waals surface area contributed by atoms with Crippen molar-refractivity contribution in [3.05, 3.63) is 83.2 Å². The van der Waals surface area contributed by atoms with Crippen molar-refractivity contribution in [2.75, 3.05) is 4.90 Å². The maximum Gasteiger partial charge on any atom is 0.250 e. The molecule has 2 aliphatic rings. The van der Waals surface area contributed by atoms with Crippen molar-refractivity contribution in [3.8, 4) is 0 Å². The summed E-state index contributed by atoms with van der Waals surface area (Å²) < 4.78 is 0. The normalized spacial score (nSPS) is 19.1. The molecule has 0 radical (unpaired) electrons. The number of aryl methyl sites for hydroxylation is 1. The van der Waals surface area contributed by atoms with Gasteiger partial charge in [0, 0.05) is 24.7 Å². The molecule has 3 aromatic rings. The zero-order valence-corrected chi connectivity index (χ0v) is 23.4. The van der Waals surface area contributed by atoms with Crippen molar-refractivity contribution in [3.63, 3.8) is 0 Å². The van der Waals surface area contributed by atoms with Gasteiger partial charge in [-0.2, -0.15) is 5.10 Å². The number of hydrogen-bond donors (Lipinski definition) is 4. The van der Waals surface area contributed by atoms with Gasteiger partial charge in [-0.15, -0.1) is 0 Å². The number of carbonyl (C=O) groups is 4. The van der Waals surface area contributed by atoms with E-state index in [1.54, 1.807) is 17.3 Å². The molecule has 10 nitrogen and oxygen atoms in total. The molecule has 0 saturated heterocycles. The van der Waals surface area contributed by atoms with Gasteiger partial charge < -0.3 is 16.0 Å².